The van der Waals surface area contributed by atoms with Crippen LogP contribution in [-0.4, -0.2) is 82.3 Å². The van der Waals surface area contributed by atoms with Gasteiger partial charge in [-0.05, 0) is 38.5 Å². The number of allylic oxidation sites excluding steroid dienone is 2. The van der Waals surface area contributed by atoms with Crippen LogP contribution in [0.5, 0.6) is 0 Å². The van der Waals surface area contributed by atoms with E-state index in [4.69, 9.17) is 18.9 Å². The molecule has 0 radical (unpaired) electrons. The number of carbonyl (C=O) groups is 3. The van der Waals surface area contributed by atoms with E-state index in [0.29, 0.717) is 23.9 Å². The third-order valence-electron chi connectivity index (χ3n) is 14.5. The summed E-state index contributed by atoms with van der Waals surface area (Å²) in [6.07, 6.45) is 63.0. The molecule has 0 aliphatic carbocycles. The number of hydrogen-bond donors (Lipinski definition) is 0. The molecule has 2 atom stereocenters. The zero-order chi connectivity index (χ0) is 53.4. The normalized spacial score (nSPS) is 12.7. The molecule has 0 spiro atoms. The lowest BCUT2D eigenvalue weighted by Crippen LogP contribution is -2.44. The zero-order valence-corrected chi connectivity index (χ0v) is 49.3. The van der Waals surface area contributed by atoms with Crippen molar-refractivity contribution in [2.45, 2.75) is 334 Å². The van der Waals surface area contributed by atoms with E-state index < -0.39 is 24.3 Å². The smallest absolute Gasteiger partial charge is 0.306 e. The minimum atomic E-state index is -1.62. The third kappa shape index (κ3) is 57.6. The highest BCUT2D eigenvalue weighted by atomic mass is 16.7. The first-order valence-corrected chi connectivity index (χ1v) is 31.8. The van der Waals surface area contributed by atoms with Gasteiger partial charge in [-0.25, -0.2) is 0 Å². The summed E-state index contributed by atoms with van der Waals surface area (Å²) in [5.41, 5.74) is 0. The number of likely N-dealkylation sites (N-methyl/N-ethyl adjacent to an activating group) is 1. The summed E-state index contributed by atoms with van der Waals surface area (Å²) in [7, 11) is 5.93. The average molecular weight is 1030 g/mol. The molecule has 2 unspecified atom stereocenters. The quantitative estimate of drug-likeness (QED) is 0.0195. The predicted molar refractivity (Wildman–Crippen MR) is 307 cm³/mol. The molecule has 0 bridgehead atoms. The zero-order valence-electron chi connectivity index (χ0n) is 49.3. The van der Waals surface area contributed by atoms with E-state index >= 15 is 0 Å². The van der Waals surface area contributed by atoms with E-state index in [9.17, 15) is 19.5 Å². The third-order valence-corrected chi connectivity index (χ3v) is 14.5. The summed E-state index contributed by atoms with van der Waals surface area (Å²) in [6.45, 7) is 4.78. The van der Waals surface area contributed by atoms with Gasteiger partial charge in [0, 0.05) is 12.8 Å². The van der Waals surface area contributed by atoms with Gasteiger partial charge in [0.1, 0.15) is 13.2 Å². The Bertz CT molecular complexity index is 1200. The van der Waals surface area contributed by atoms with Crippen molar-refractivity contribution in [2.75, 3.05) is 47.5 Å². The number of hydrogen-bond acceptors (Lipinski definition) is 8. The number of ether oxygens (including phenoxy) is 4. The fraction of sp³-hybridized carbons (Fsp3) is 0.922. The topological polar surface area (TPSA) is 111 Å². The second kappa shape index (κ2) is 56.2. The van der Waals surface area contributed by atoms with Crippen molar-refractivity contribution in [1.82, 2.24) is 0 Å². The number of esters is 2. The number of carboxylic acid groups (broad SMARTS) is 1. The predicted octanol–water partition coefficient (Wildman–Crippen LogP) is 17.6. The molecule has 0 rings (SSSR count). The number of rotatable bonds is 60. The van der Waals surface area contributed by atoms with Crippen LogP contribution in [0.3, 0.4) is 0 Å². The molecule has 0 aliphatic heterocycles. The first-order chi connectivity index (χ1) is 35.6. The summed E-state index contributed by atoms with van der Waals surface area (Å²) in [5.74, 6) is -2.27. The van der Waals surface area contributed by atoms with Gasteiger partial charge in [0.25, 0.3) is 0 Å². The second-order valence-corrected chi connectivity index (χ2v) is 23.1. The van der Waals surface area contributed by atoms with Crippen molar-refractivity contribution in [3.8, 4) is 0 Å². The molecule has 0 saturated heterocycles. The second-order valence-electron chi connectivity index (χ2n) is 23.1. The highest BCUT2D eigenvalue weighted by Gasteiger charge is 2.22. The number of unbranched alkanes of at least 4 members (excludes halogenated alkanes) is 43. The molecule has 432 valence electrons. The molecule has 0 aliphatic rings. The highest BCUT2D eigenvalue weighted by molar-refractivity contribution is 5.70. The van der Waals surface area contributed by atoms with Crippen LogP contribution in [0.15, 0.2) is 12.2 Å². The number of carboxylic acids is 1. The molecule has 0 aromatic rings. The minimum Gasteiger partial charge on any atom is -0.545 e. The summed E-state index contributed by atoms with van der Waals surface area (Å²) in [6, 6.07) is 0. The standard InChI is InChI=1S/C64H123NO8/c1-6-8-10-12-14-16-18-20-22-23-24-25-26-27-28-29-30-31-32-33-34-35-36-37-38-39-40-41-43-44-46-48-50-52-54-61(66)71-58-60(59-72-64(63(68)69)70-57-56-65(3,4)5)73-62(67)55-53-51-49-47-45-42-21-19-17-15-13-11-9-7-2/h19,21,60,64H,6-18,20,22-59H2,1-5H3/b21-19-. The van der Waals surface area contributed by atoms with Gasteiger partial charge < -0.3 is 33.3 Å². The Kier molecular flexibility index (Phi) is 54.7. The molecule has 0 amide bonds. The first kappa shape index (κ1) is 71.0. The van der Waals surface area contributed by atoms with E-state index in [1.54, 1.807) is 0 Å². The maximum absolute atomic E-state index is 12.8. The van der Waals surface area contributed by atoms with Crippen LogP contribution in [0, 0.1) is 0 Å². The lowest BCUT2D eigenvalue weighted by molar-refractivity contribution is -0.870. The molecule has 9 heteroatoms. The first-order valence-electron chi connectivity index (χ1n) is 31.8. The van der Waals surface area contributed by atoms with E-state index in [1.807, 2.05) is 21.1 Å². The Balaban J connectivity index is 3.96. The maximum Gasteiger partial charge on any atom is 0.306 e. The summed E-state index contributed by atoms with van der Waals surface area (Å²) < 4.78 is 22.7. The van der Waals surface area contributed by atoms with Gasteiger partial charge in [-0.1, -0.05) is 283 Å². The van der Waals surface area contributed by atoms with Crippen molar-refractivity contribution >= 4 is 17.9 Å². The van der Waals surface area contributed by atoms with E-state index in [2.05, 4.69) is 26.0 Å². The Morgan fingerprint density at radius 3 is 1.01 bits per heavy atom. The summed E-state index contributed by atoms with van der Waals surface area (Å²) >= 11 is 0. The largest absolute Gasteiger partial charge is 0.545 e. The van der Waals surface area contributed by atoms with Crippen LogP contribution in [-0.2, 0) is 33.3 Å². The fourth-order valence-corrected chi connectivity index (χ4v) is 9.59. The molecule has 9 nitrogen and oxygen atoms in total. The van der Waals surface area contributed by atoms with Crippen LogP contribution in [0.1, 0.15) is 322 Å². The Labute approximate surface area is 453 Å². The fourth-order valence-electron chi connectivity index (χ4n) is 9.59. The summed E-state index contributed by atoms with van der Waals surface area (Å²) in [4.78, 5) is 37.2. The van der Waals surface area contributed by atoms with Crippen molar-refractivity contribution in [1.29, 1.82) is 0 Å². The molecule has 0 fully saturated rings. The van der Waals surface area contributed by atoms with Crippen molar-refractivity contribution in [3.63, 3.8) is 0 Å². The van der Waals surface area contributed by atoms with Crippen LogP contribution >= 0.6 is 0 Å². The maximum atomic E-state index is 12.8. The van der Waals surface area contributed by atoms with Gasteiger partial charge in [0.2, 0.25) is 0 Å². The van der Waals surface area contributed by atoms with Crippen LogP contribution in [0.25, 0.3) is 0 Å². The lowest BCUT2D eigenvalue weighted by atomic mass is 10.0. The number of carbonyl (C=O) groups excluding carboxylic acids is 3. The van der Waals surface area contributed by atoms with Gasteiger partial charge in [-0.2, -0.15) is 0 Å². The number of nitrogens with zero attached hydrogens (tertiary/aromatic N) is 1. The monoisotopic (exact) mass is 1030 g/mol. The molecule has 73 heavy (non-hydrogen) atoms. The van der Waals surface area contributed by atoms with Gasteiger partial charge in [0.05, 0.1) is 40.3 Å². The molecule has 0 aromatic carbocycles. The van der Waals surface area contributed by atoms with Crippen LogP contribution < -0.4 is 5.11 Å². The van der Waals surface area contributed by atoms with Crippen molar-refractivity contribution < 1.29 is 42.9 Å². The molecule has 0 aromatic heterocycles. The summed E-state index contributed by atoms with van der Waals surface area (Å²) in [5, 5.41) is 11.8. The van der Waals surface area contributed by atoms with E-state index in [-0.39, 0.29) is 32.2 Å². The minimum absolute atomic E-state index is 0.150. The van der Waals surface area contributed by atoms with Crippen LogP contribution in [0.4, 0.5) is 0 Å². The average Bonchev–Trinajstić information content (AvgIpc) is 3.36. The van der Waals surface area contributed by atoms with E-state index in [0.717, 1.165) is 51.4 Å². The molecular formula is C64H123NO8. The number of quaternary nitrogens is 1. The van der Waals surface area contributed by atoms with Gasteiger partial charge in [-0.15, -0.1) is 0 Å². The van der Waals surface area contributed by atoms with Crippen molar-refractivity contribution in [2.24, 2.45) is 0 Å². The van der Waals surface area contributed by atoms with E-state index in [1.165, 1.54) is 238 Å². The van der Waals surface area contributed by atoms with Crippen LogP contribution in [0.2, 0.25) is 0 Å². The highest BCUT2D eigenvalue weighted by Crippen LogP contribution is 2.18. The Morgan fingerprint density at radius 1 is 0.397 bits per heavy atom. The van der Waals surface area contributed by atoms with Gasteiger partial charge in [0.15, 0.2) is 12.4 Å². The Morgan fingerprint density at radius 2 is 0.699 bits per heavy atom. The van der Waals surface area contributed by atoms with Gasteiger partial charge >= 0.3 is 11.9 Å². The molecule has 0 N–H and O–H groups in total. The molecular weight excluding hydrogens is 911 g/mol. The van der Waals surface area contributed by atoms with Gasteiger partial charge in [-0.3, -0.25) is 9.59 Å². The number of aliphatic carboxylic acids is 1. The molecule has 0 heterocycles. The SMILES string of the molecule is CCCCCCC/C=C\CCCCCCCC(=O)OC(COC(=O)CCCCCCCCCCCCCCCCCCCCCCCCCCCCCCCCCCCC)COC(OCC[N+](C)(C)C)C(=O)[O-]. The molecule has 0 saturated carbocycles. The lowest BCUT2D eigenvalue weighted by Gasteiger charge is -2.26. The van der Waals surface area contributed by atoms with Crippen molar-refractivity contribution in [3.05, 3.63) is 12.2 Å². The Hall–Kier alpha value is -1.97.